The number of carbonyl (C=O) groups is 4. The predicted molar refractivity (Wildman–Crippen MR) is 143 cm³/mol. The number of hydrogen-bond acceptors (Lipinski definition) is 5. The van der Waals surface area contributed by atoms with E-state index in [-0.39, 0.29) is 35.4 Å². The molecule has 1 aliphatic rings. The number of rotatable bonds is 8. The van der Waals surface area contributed by atoms with Crippen LogP contribution in [0, 0.1) is 5.92 Å². The second-order valence-electron chi connectivity index (χ2n) is 9.37. The van der Waals surface area contributed by atoms with Crippen molar-refractivity contribution >= 4 is 35.1 Å². The minimum atomic E-state index is -1.16. The molecule has 0 spiro atoms. The van der Waals surface area contributed by atoms with Gasteiger partial charge in [0.25, 0.3) is 11.8 Å². The first-order valence-corrected chi connectivity index (χ1v) is 12.2. The average Bonchev–Trinajstić information content (AvgIpc) is 2.91. The highest BCUT2D eigenvalue weighted by molar-refractivity contribution is 6.17. The standard InChI is InChI=1S/C29H29N3O6/c1-17(2)25-27(34)30-22-16-19(26(33)31-23(29(36)37)14-18-8-5-4-6-9-18)12-13-24(22)32(25)28(35)20-10-7-11-21(15-20)38-3/h4-13,15-17,23,25H,14H2,1-3H3,(H,30,34)(H,31,33)(H,36,37). The van der Waals surface area contributed by atoms with Gasteiger partial charge in [0.2, 0.25) is 5.91 Å². The number of carbonyl (C=O) groups excluding carboxylic acids is 3. The number of carboxylic acids is 1. The third-order valence-electron chi connectivity index (χ3n) is 6.38. The van der Waals surface area contributed by atoms with E-state index in [2.05, 4.69) is 10.6 Å². The van der Waals surface area contributed by atoms with Crippen LogP contribution >= 0.6 is 0 Å². The van der Waals surface area contributed by atoms with Gasteiger partial charge in [-0.25, -0.2) is 4.79 Å². The van der Waals surface area contributed by atoms with Crippen LogP contribution < -0.4 is 20.3 Å². The van der Waals surface area contributed by atoms with Crippen molar-refractivity contribution < 1.29 is 29.0 Å². The van der Waals surface area contributed by atoms with E-state index >= 15 is 0 Å². The molecule has 0 aromatic heterocycles. The summed E-state index contributed by atoms with van der Waals surface area (Å²) in [7, 11) is 1.51. The lowest BCUT2D eigenvalue weighted by molar-refractivity contribution is -0.139. The minimum Gasteiger partial charge on any atom is -0.497 e. The maximum absolute atomic E-state index is 13.6. The topological polar surface area (TPSA) is 125 Å². The number of amides is 3. The van der Waals surface area contributed by atoms with Gasteiger partial charge in [0.05, 0.1) is 18.5 Å². The molecule has 0 bridgehead atoms. The number of nitrogens with one attached hydrogen (secondary N) is 2. The van der Waals surface area contributed by atoms with E-state index in [1.165, 1.54) is 24.1 Å². The first-order chi connectivity index (χ1) is 18.2. The van der Waals surface area contributed by atoms with Gasteiger partial charge in [-0.2, -0.15) is 0 Å². The Kier molecular flexibility index (Phi) is 7.76. The van der Waals surface area contributed by atoms with Crippen molar-refractivity contribution in [2.45, 2.75) is 32.4 Å². The summed E-state index contributed by atoms with van der Waals surface area (Å²) in [6.07, 6.45) is 0.114. The summed E-state index contributed by atoms with van der Waals surface area (Å²) in [5, 5.41) is 15.0. The quantitative estimate of drug-likeness (QED) is 0.420. The number of benzene rings is 3. The first-order valence-electron chi connectivity index (χ1n) is 12.2. The van der Waals surface area contributed by atoms with E-state index in [1.807, 2.05) is 19.9 Å². The highest BCUT2D eigenvalue weighted by atomic mass is 16.5. The zero-order valence-electron chi connectivity index (χ0n) is 21.3. The lowest BCUT2D eigenvalue weighted by Crippen LogP contribution is -2.53. The van der Waals surface area contributed by atoms with E-state index in [1.54, 1.807) is 54.6 Å². The molecule has 0 saturated heterocycles. The molecule has 2 unspecified atom stereocenters. The molecule has 38 heavy (non-hydrogen) atoms. The fraction of sp³-hybridized carbons (Fsp3) is 0.241. The van der Waals surface area contributed by atoms with Gasteiger partial charge in [-0.15, -0.1) is 0 Å². The number of aliphatic carboxylic acids is 1. The van der Waals surface area contributed by atoms with Gasteiger partial charge in [0.1, 0.15) is 17.8 Å². The normalized spacial score (nSPS) is 15.3. The maximum atomic E-state index is 13.6. The van der Waals surface area contributed by atoms with Crippen molar-refractivity contribution in [1.82, 2.24) is 5.32 Å². The van der Waals surface area contributed by atoms with E-state index in [4.69, 9.17) is 4.74 Å². The largest absolute Gasteiger partial charge is 0.497 e. The molecule has 4 rings (SSSR count). The molecule has 3 aromatic rings. The number of nitrogens with zero attached hydrogens (tertiary/aromatic N) is 1. The lowest BCUT2D eigenvalue weighted by atomic mass is 9.95. The monoisotopic (exact) mass is 515 g/mol. The van der Waals surface area contributed by atoms with Gasteiger partial charge in [0.15, 0.2) is 0 Å². The Labute approximate surface area is 220 Å². The number of hydrogen-bond donors (Lipinski definition) is 3. The average molecular weight is 516 g/mol. The molecule has 2 atom stereocenters. The molecule has 0 aliphatic carbocycles. The van der Waals surface area contributed by atoms with Crippen LogP contribution in [-0.4, -0.2) is 48.0 Å². The number of ether oxygens (including phenoxy) is 1. The van der Waals surface area contributed by atoms with Crippen molar-refractivity contribution in [3.63, 3.8) is 0 Å². The van der Waals surface area contributed by atoms with Gasteiger partial charge in [-0.05, 0) is 47.9 Å². The number of carboxylic acid groups (broad SMARTS) is 1. The van der Waals surface area contributed by atoms with Gasteiger partial charge in [0, 0.05) is 17.5 Å². The SMILES string of the molecule is COc1cccc(C(=O)N2c3ccc(C(=O)NC(Cc4ccccc4)C(=O)O)cc3NC(=O)C2C(C)C)c1. The van der Waals surface area contributed by atoms with Crippen molar-refractivity contribution in [1.29, 1.82) is 0 Å². The van der Waals surface area contributed by atoms with E-state index in [0.717, 1.165) is 5.56 Å². The number of fused-ring (bicyclic) bond motifs is 1. The fourth-order valence-electron chi connectivity index (χ4n) is 4.48. The highest BCUT2D eigenvalue weighted by Gasteiger charge is 2.39. The smallest absolute Gasteiger partial charge is 0.326 e. The summed E-state index contributed by atoms with van der Waals surface area (Å²) in [5.41, 5.74) is 1.99. The molecule has 3 amide bonds. The van der Waals surface area contributed by atoms with Crippen molar-refractivity contribution in [2.75, 3.05) is 17.3 Å². The predicted octanol–water partition coefficient (Wildman–Crippen LogP) is 3.74. The van der Waals surface area contributed by atoms with Gasteiger partial charge in [-0.1, -0.05) is 50.2 Å². The minimum absolute atomic E-state index is 0.114. The van der Waals surface area contributed by atoms with Crippen LogP contribution in [0.3, 0.4) is 0 Å². The van der Waals surface area contributed by atoms with Crippen LogP contribution in [-0.2, 0) is 16.0 Å². The molecule has 0 fully saturated rings. The second kappa shape index (κ2) is 11.2. The summed E-state index contributed by atoms with van der Waals surface area (Å²) in [5.74, 6) is -2.23. The molecule has 3 aromatic carbocycles. The van der Waals surface area contributed by atoms with Crippen LogP contribution in [0.1, 0.15) is 40.1 Å². The Morgan fingerprint density at radius 3 is 2.39 bits per heavy atom. The summed E-state index contributed by atoms with van der Waals surface area (Å²) in [4.78, 5) is 53.0. The molecule has 9 nitrogen and oxygen atoms in total. The molecule has 3 N–H and O–H groups in total. The third kappa shape index (κ3) is 5.51. The number of anilines is 2. The third-order valence-corrected chi connectivity index (χ3v) is 6.38. The lowest BCUT2D eigenvalue weighted by Gasteiger charge is -2.38. The van der Waals surface area contributed by atoms with E-state index < -0.39 is 24.0 Å². The van der Waals surface area contributed by atoms with Crippen LogP contribution in [0.25, 0.3) is 0 Å². The Bertz CT molecular complexity index is 1370. The van der Waals surface area contributed by atoms with Crippen molar-refractivity contribution in [3.8, 4) is 5.75 Å². The Morgan fingerprint density at radius 1 is 1.00 bits per heavy atom. The highest BCUT2D eigenvalue weighted by Crippen LogP contribution is 2.36. The van der Waals surface area contributed by atoms with Crippen molar-refractivity contribution in [3.05, 3.63) is 89.5 Å². The maximum Gasteiger partial charge on any atom is 0.326 e. The Hall–Kier alpha value is -4.66. The summed E-state index contributed by atoms with van der Waals surface area (Å²) < 4.78 is 5.25. The van der Waals surface area contributed by atoms with Crippen molar-refractivity contribution in [2.24, 2.45) is 5.92 Å². The van der Waals surface area contributed by atoms with E-state index in [0.29, 0.717) is 17.0 Å². The molecule has 9 heteroatoms. The van der Waals surface area contributed by atoms with Gasteiger partial charge >= 0.3 is 5.97 Å². The molecule has 1 aliphatic heterocycles. The fourth-order valence-corrected chi connectivity index (χ4v) is 4.48. The van der Waals surface area contributed by atoms with Crippen LogP contribution in [0.2, 0.25) is 0 Å². The summed E-state index contributed by atoms with van der Waals surface area (Å²) >= 11 is 0. The summed E-state index contributed by atoms with van der Waals surface area (Å²) in [6.45, 7) is 3.70. The van der Waals surface area contributed by atoms with Gasteiger partial charge < -0.3 is 20.5 Å². The summed E-state index contributed by atoms with van der Waals surface area (Å²) in [6, 6.07) is 18.3. The molecule has 0 saturated carbocycles. The van der Waals surface area contributed by atoms with Crippen LogP contribution in [0.15, 0.2) is 72.8 Å². The molecule has 196 valence electrons. The van der Waals surface area contributed by atoms with Gasteiger partial charge in [-0.3, -0.25) is 19.3 Å². The molecule has 1 heterocycles. The van der Waals surface area contributed by atoms with E-state index in [9.17, 15) is 24.3 Å². The molecular formula is C29H29N3O6. The zero-order valence-corrected chi connectivity index (χ0v) is 21.3. The number of methoxy groups -OCH3 is 1. The van der Waals surface area contributed by atoms with Crippen LogP contribution in [0.4, 0.5) is 11.4 Å². The Balaban J connectivity index is 1.65. The first kappa shape index (κ1) is 26.4. The molecular weight excluding hydrogens is 486 g/mol. The Morgan fingerprint density at radius 2 is 1.74 bits per heavy atom. The second-order valence-corrected chi connectivity index (χ2v) is 9.37. The van der Waals surface area contributed by atoms with Crippen LogP contribution in [0.5, 0.6) is 5.75 Å². The molecule has 0 radical (unpaired) electrons. The zero-order chi connectivity index (χ0) is 27.4.